The van der Waals surface area contributed by atoms with E-state index in [1.54, 1.807) is 12.1 Å². The second-order valence-electron chi connectivity index (χ2n) is 4.82. The number of carbonyl (C=O) groups excluding carboxylic acids is 1. The summed E-state index contributed by atoms with van der Waals surface area (Å²) in [6.45, 7) is 4.59. The lowest BCUT2D eigenvalue weighted by Crippen LogP contribution is -2.23. The van der Waals surface area contributed by atoms with Crippen molar-refractivity contribution in [2.24, 2.45) is 0 Å². The first kappa shape index (κ1) is 15.5. The minimum Gasteiger partial charge on any atom is -0.455 e. The maximum Gasteiger partial charge on any atom is 0.286 e. The quantitative estimate of drug-likeness (QED) is 0.892. The van der Waals surface area contributed by atoms with Gasteiger partial charge in [-0.3, -0.25) is 9.00 Å². The van der Waals surface area contributed by atoms with Crippen LogP contribution in [-0.4, -0.2) is 16.7 Å². The molecule has 1 atom stereocenters. The number of carbonyl (C=O) groups is 1. The Kier molecular flexibility index (Phi) is 5.33. The van der Waals surface area contributed by atoms with E-state index in [0.29, 0.717) is 12.3 Å². The Hall–Kier alpha value is -1.88. The average molecular weight is 305 g/mol. The normalized spacial score (nSPS) is 12.1. The second kappa shape index (κ2) is 7.22. The van der Waals surface area contributed by atoms with Crippen LogP contribution >= 0.6 is 0 Å². The van der Waals surface area contributed by atoms with Crippen LogP contribution in [0.25, 0.3) is 0 Å². The van der Waals surface area contributed by atoms with E-state index in [9.17, 15) is 9.00 Å². The molecule has 5 heteroatoms. The average Bonchev–Trinajstić information content (AvgIpc) is 2.94. The van der Waals surface area contributed by atoms with Gasteiger partial charge in [-0.25, -0.2) is 0 Å². The van der Waals surface area contributed by atoms with Crippen molar-refractivity contribution >= 4 is 16.7 Å². The molecule has 4 nitrogen and oxygen atoms in total. The first-order valence-electron chi connectivity index (χ1n) is 6.92. The monoisotopic (exact) mass is 305 g/mol. The number of aryl methyl sites for hydroxylation is 1. The summed E-state index contributed by atoms with van der Waals surface area (Å²) in [6, 6.07) is 10.9. The van der Waals surface area contributed by atoms with Crippen molar-refractivity contribution in [2.75, 3.05) is 6.54 Å². The van der Waals surface area contributed by atoms with Crippen molar-refractivity contribution in [3.63, 3.8) is 0 Å². The summed E-state index contributed by atoms with van der Waals surface area (Å²) in [5.74, 6) is 0.851. The van der Waals surface area contributed by atoms with E-state index in [0.717, 1.165) is 16.9 Å². The summed E-state index contributed by atoms with van der Waals surface area (Å²) in [6.07, 6.45) is 0.872. The maximum absolute atomic E-state index is 12.2. The first-order valence-corrected chi connectivity index (χ1v) is 8.24. The Morgan fingerprint density at radius 3 is 2.57 bits per heavy atom. The van der Waals surface area contributed by atoms with E-state index in [2.05, 4.69) is 5.32 Å². The molecule has 0 aliphatic carbocycles. The van der Waals surface area contributed by atoms with Crippen molar-refractivity contribution in [3.8, 4) is 0 Å². The summed E-state index contributed by atoms with van der Waals surface area (Å²) in [5.41, 5.74) is 1.13. The highest BCUT2D eigenvalue weighted by Gasteiger charge is 2.13. The van der Waals surface area contributed by atoms with E-state index in [1.165, 1.54) is 0 Å². The van der Waals surface area contributed by atoms with Crippen LogP contribution in [0.3, 0.4) is 0 Å². The van der Waals surface area contributed by atoms with Crippen LogP contribution in [0, 0.1) is 6.92 Å². The van der Waals surface area contributed by atoms with Gasteiger partial charge in [0.1, 0.15) is 5.76 Å². The topological polar surface area (TPSA) is 59.3 Å². The zero-order chi connectivity index (χ0) is 15.2. The van der Waals surface area contributed by atoms with Gasteiger partial charge in [-0.1, -0.05) is 24.6 Å². The number of nitrogens with one attached hydrogen (secondary N) is 1. The lowest BCUT2D eigenvalue weighted by atomic mass is 10.2. The lowest BCUT2D eigenvalue weighted by molar-refractivity contribution is 0.0924. The fourth-order valence-electron chi connectivity index (χ4n) is 1.81. The molecule has 0 aliphatic heterocycles. The number of benzene rings is 1. The van der Waals surface area contributed by atoms with Crippen LogP contribution in [0.1, 0.15) is 35.2 Å². The van der Waals surface area contributed by atoms with Gasteiger partial charge in [0.25, 0.3) is 5.91 Å². The van der Waals surface area contributed by atoms with Gasteiger partial charge < -0.3 is 9.73 Å². The van der Waals surface area contributed by atoms with E-state index in [1.807, 2.05) is 38.1 Å². The third-order valence-corrected chi connectivity index (χ3v) is 4.32. The first-order chi connectivity index (χ1) is 10.1. The molecule has 1 aromatic heterocycles. The van der Waals surface area contributed by atoms with Crippen LogP contribution in [0.2, 0.25) is 0 Å². The Morgan fingerprint density at radius 2 is 1.90 bits per heavy atom. The molecule has 0 bridgehead atoms. The molecule has 1 aromatic carbocycles. The molecule has 1 amide bonds. The number of hydrogen-bond donors (Lipinski definition) is 1. The molecule has 2 aromatic rings. The predicted octanol–water partition coefficient (Wildman–Crippen LogP) is 3.04. The van der Waals surface area contributed by atoms with Gasteiger partial charge in [-0.05, 0) is 37.6 Å². The largest absolute Gasteiger partial charge is 0.455 e. The zero-order valence-corrected chi connectivity index (χ0v) is 13.0. The van der Waals surface area contributed by atoms with Crippen LogP contribution in [0.4, 0.5) is 0 Å². The van der Waals surface area contributed by atoms with Crippen LogP contribution in [0.5, 0.6) is 0 Å². The van der Waals surface area contributed by atoms with Crippen LogP contribution in [0.15, 0.2) is 45.7 Å². The maximum atomic E-state index is 12.2. The van der Waals surface area contributed by atoms with Crippen LogP contribution < -0.4 is 5.32 Å². The van der Waals surface area contributed by atoms with Crippen molar-refractivity contribution < 1.29 is 13.4 Å². The highest BCUT2D eigenvalue weighted by atomic mass is 32.2. The van der Waals surface area contributed by atoms with E-state index < -0.39 is 10.8 Å². The molecule has 0 fully saturated rings. The Labute approximate surface area is 127 Å². The summed E-state index contributed by atoms with van der Waals surface area (Å²) in [7, 11) is -1.17. The highest BCUT2D eigenvalue weighted by Crippen LogP contribution is 2.15. The smallest absolute Gasteiger partial charge is 0.286 e. The van der Waals surface area contributed by atoms with Crippen molar-refractivity contribution in [1.82, 2.24) is 5.32 Å². The van der Waals surface area contributed by atoms with E-state index in [-0.39, 0.29) is 17.4 Å². The van der Waals surface area contributed by atoms with E-state index >= 15 is 0 Å². The molecule has 112 valence electrons. The number of amides is 1. The van der Waals surface area contributed by atoms with Gasteiger partial charge >= 0.3 is 0 Å². The predicted molar refractivity (Wildman–Crippen MR) is 82.6 cm³/mol. The number of rotatable bonds is 6. The summed E-state index contributed by atoms with van der Waals surface area (Å²) < 4.78 is 17.7. The molecule has 0 saturated heterocycles. The van der Waals surface area contributed by atoms with Gasteiger partial charge in [0.05, 0.1) is 16.6 Å². The Bertz CT molecular complexity index is 631. The van der Waals surface area contributed by atoms with Crippen LogP contribution in [-0.2, 0) is 16.6 Å². The third kappa shape index (κ3) is 4.29. The van der Waals surface area contributed by atoms with Crippen molar-refractivity contribution in [2.45, 2.75) is 30.9 Å². The third-order valence-electron chi connectivity index (χ3n) is 2.98. The molecule has 21 heavy (non-hydrogen) atoms. The summed E-state index contributed by atoms with van der Waals surface area (Å²) >= 11 is 0. The van der Waals surface area contributed by atoms with Crippen molar-refractivity contribution in [1.29, 1.82) is 0 Å². The molecule has 0 unspecified atom stereocenters. The number of hydrogen-bond acceptors (Lipinski definition) is 3. The summed E-state index contributed by atoms with van der Waals surface area (Å²) in [5, 5.41) is 2.74. The fourth-order valence-corrected chi connectivity index (χ4v) is 2.83. The van der Waals surface area contributed by atoms with Gasteiger partial charge in [0.2, 0.25) is 0 Å². The van der Waals surface area contributed by atoms with Gasteiger partial charge in [0.15, 0.2) is 5.76 Å². The zero-order valence-electron chi connectivity index (χ0n) is 12.2. The standard InChI is InChI=1S/C16H19NO3S/c1-3-10-17-16(18)15-9-6-13(20-15)11-21(19)14-7-4-12(2)5-8-14/h4-9H,3,10-11H2,1-2H3,(H,17,18)/t21-/m0/s1. The second-order valence-corrected chi connectivity index (χ2v) is 6.28. The molecule has 1 N–H and O–H groups in total. The molecule has 0 radical (unpaired) electrons. The summed E-state index contributed by atoms with van der Waals surface area (Å²) in [4.78, 5) is 12.5. The van der Waals surface area contributed by atoms with Gasteiger partial charge in [0, 0.05) is 11.4 Å². The minimum atomic E-state index is -1.17. The molecular weight excluding hydrogens is 286 g/mol. The Morgan fingerprint density at radius 1 is 1.19 bits per heavy atom. The fraction of sp³-hybridized carbons (Fsp3) is 0.312. The highest BCUT2D eigenvalue weighted by molar-refractivity contribution is 7.84. The SMILES string of the molecule is CCCNC(=O)c1ccc(C[S@](=O)c2ccc(C)cc2)o1. The number of furan rings is 1. The van der Waals surface area contributed by atoms with Crippen molar-refractivity contribution in [3.05, 3.63) is 53.5 Å². The van der Waals surface area contributed by atoms with E-state index in [4.69, 9.17) is 4.42 Å². The molecule has 1 heterocycles. The molecule has 0 spiro atoms. The lowest BCUT2D eigenvalue weighted by Gasteiger charge is -2.02. The molecule has 0 aliphatic rings. The van der Waals surface area contributed by atoms with Gasteiger partial charge in [-0.2, -0.15) is 0 Å². The molecular formula is C16H19NO3S. The minimum absolute atomic E-state index is 0.232. The molecule has 0 saturated carbocycles. The van der Waals surface area contributed by atoms with Gasteiger partial charge in [-0.15, -0.1) is 0 Å². The molecule has 2 rings (SSSR count). The Balaban J connectivity index is 2.00.